The Kier molecular flexibility index (Phi) is 5.48. The second-order valence-corrected chi connectivity index (χ2v) is 8.96. The van der Waals surface area contributed by atoms with Gasteiger partial charge in [-0.2, -0.15) is 9.50 Å². The predicted octanol–water partition coefficient (Wildman–Crippen LogP) is 4.41. The third kappa shape index (κ3) is 4.15. The molecule has 0 saturated carbocycles. The van der Waals surface area contributed by atoms with Gasteiger partial charge in [0, 0.05) is 49.5 Å². The van der Waals surface area contributed by atoms with Crippen LogP contribution >= 0.6 is 0 Å². The zero-order valence-electron chi connectivity index (χ0n) is 19.6. The molecule has 0 aliphatic carbocycles. The van der Waals surface area contributed by atoms with E-state index in [4.69, 9.17) is 5.10 Å². The summed E-state index contributed by atoms with van der Waals surface area (Å²) in [6.45, 7) is 12.1. The molecule has 7 heteroatoms. The first-order valence-corrected chi connectivity index (χ1v) is 11.4. The first-order valence-electron chi connectivity index (χ1n) is 11.4. The minimum absolute atomic E-state index is 0.247. The summed E-state index contributed by atoms with van der Waals surface area (Å²) in [4.78, 5) is 14.2. The van der Waals surface area contributed by atoms with E-state index in [1.54, 1.807) is 6.07 Å². The summed E-state index contributed by atoms with van der Waals surface area (Å²) in [5, 5.41) is 4.78. The van der Waals surface area contributed by atoms with Gasteiger partial charge < -0.3 is 9.80 Å². The molecule has 0 bridgehead atoms. The van der Waals surface area contributed by atoms with Crippen LogP contribution in [-0.2, 0) is 6.42 Å². The molecule has 0 radical (unpaired) electrons. The molecule has 1 fully saturated rings. The Morgan fingerprint density at radius 3 is 2.39 bits per heavy atom. The minimum Gasteiger partial charge on any atom is -0.368 e. The van der Waals surface area contributed by atoms with Crippen LogP contribution < -0.4 is 9.80 Å². The molecule has 170 valence electrons. The van der Waals surface area contributed by atoms with Gasteiger partial charge in [0.25, 0.3) is 5.78 Å². The van der Waals surface area contributed by atoms with Gasteiger partial charge >= 0.3 is 0 Å². The standard InChI is InChI=1S/C26H29FN6/c1-17-8-9-18(2)23(14-17)31-10-12-32(13-11-31)25-19(3)20(4)28-26-29-24(30-33(25)26)16-21-6-5-7-22(27)15-21/h5-9,14-15H,10-13,16H2,1-4H3. The fourth-order valence-electron chi connectivity index (χ4n) is 4.61. The lowest BCUT2D eigenvalue weighted by molar-refractivity contribution is 0.625. The van der Waals surface area contributed by atoms with Crippen molar-refractivity contribution in [1.82, 2.24) is 19.6 Å². The summed E-state index contributed by atoms with van der Waals surface area (Å²) in [6.07, 6.45) is 0.471. The lowest BCUT2D eigenvalue weighted by Gasteiger charge is -2.38. The van der Waals surface area contributed by atoms with E-state index < -0.39 is 0 Å². The lowest BCUT2D eigenvalue weighted by Crippen LogP contribution is -2.47. The number of nitrogens with zero attached hydrogens (tertiary/aromatic N) is 6. The molecule has 5 rings (SSSR count). The van der Waals surface area contributed by atoms with E-state index in [0.717, 1.165) is 48.8 Å². The average Bonchev–Trinajstić information content (AvgIpc) is 3.18. The Labute approximate surface area is 193 Å². The van der Waals surface area contributed by atoms with Gasteiger partial charge in [0.15, 0.2) is 5.82 Å². The highest BCUT2D eigenvalue weighted by Crippen LogP contribution is 2.27. The molecule has 1 aliphatic heterocycles. The fourth-order valence-corrected chi connectivity index (χ4v) is 4.61. The number of hydrogen-bond donors (Lipinski definition) is 0. The van der Waals surface area contributed by atoms with Crippen LogP contribution in [0.4, 0.5) is 15.9 Å². The van der Waals surface area contributed by atoms with Crippen molar-refractivity contribution in [1.29, 1.82) is 0 Å². The number of benzene rings is 2. The monoisotopic (exact) mass is 444 g/mol. The van der Waals surface area contributed by atoms with Crippen LogP contribution in [0.2, 0.25) is 0 Å². The van der Waals surface area contributed by atoms with Gasteiger partial charge in [0.05, 0.1) is 0 Å². The zero-order chi connectivity index (χ0) is 23.1. The molecule has 1 saturated heterocycles. The summed E-state index contributed by atoms with van der Waals surface area (Å²) >= 11 is 0. The molecule has 2 aromatic heterocycles. The van der Waals surface area contributed by atoms with Crippen LogP contribution in [0.1, 0.15) is 33.8 Å². The summed E-state index contributed by atoms with van der Waals surface area (Å²) in [7, 11) is 0. The normalized spacial score (nSPS) is 14.3. The zero-order valence-corrected chi connectivity index (χ0v) is 19.6. The Morgan fingerprint density at radius 1 is 0.879 bits per heavy atom. The van der Waals surface area contributed by atoms with Gasteiger partial charge in [0.1, 0.15) is 11.6 Å². The fraction of sp³-hybridized carbons (Fsp3) is 0.346. The maximum absolute atomic E-state index is 13.6. The van der Waals surface area contributed by atoms with Crippen molar-refractivity contribution >= 4 is 17.3 Å². The summed E-state index contributed by atoms with van der Waals surface area (Å²) in [5.74, 6) is 2.05. The van der Waals surface area contributed by atoms with Crippen molar-refractivity contribution in [3.63, 3.8) is 0 Å². The predicted molar refractivity (Wildman–Crippen MR) is 130 cm³/mol. The third-order valence-corrected chi connectivity index (χ3v) is 6.52. The Bertz CT molecular complexity index is 1320. The number of aromatic nitrogens is 4. The van der Waals surface area contributed by atoms with E-state index in [1.807, 2.05) is 17.5 Å². The number of aryl methyl sites for hydroxylation is 3. The topological polar surface area (TPSA) is 49.6 Å². The Morgan fingerprint density at radius 2 is 1.64 bits per heavy atom. The van der Waals surface area contributed by atoms with E-state index in [-0.39, 0.29) is 5.82 Å². The first kappa shape index (κ1) is 21.4. The molecule has 0 amide bonds. The third-order valence-electron chi connectivity index (χ3n) is 6.52. The molecule has 3 heterocycles. The van der Waals surface area contributed by atoms with E-state index in [0.29, 0.717) is 18.0 Å². The molecule has 1 aliphatic rings. The molecule has 33 heavy (non-hydrogen) atoms. The van der Waals surface area contributed by atoms with Crippen molar-refractivity contribution in [2.24, 2.45) is 0 Å². The molecular formula is C26H29FN6. The Hall–Kier alpha value is -3.48. The summed E-state index contributed by atoms with van der Waals surface area (Å²) in [5.41, 5.74) is 6.84. The maximum atomic E-state index is 13.6. The van der Waals surface area contributed by atoms with Crippen LogP contribution in [-0.4, -0.2) is 45.8 Å². The first-order chi connectivity index (χ1) is 15.9. The molecule has 4 aromatic rings. The molecule has 2 aromatic carbocycles. The largest absolute Gasteiger partial charge is 0.368 e. The molecule has 6 nitrogen and oxygen atoms in total. The van der Waals surface area contributed by atoms with E-state index in [2.05, 4.69) is 58.7 Å². The smallest absolute Gasteiger partial charge is 0.254 e. The van der Waals surface area contributed by atoms with Gasteiger partial charge in [-0.25, -0.2) is 9.37 Å². The van der Waals surface area contributed by atoms with Crippen LogP contribution in [0.5, 0.6) is 0 Å². The van der Waals surface area contributed by atoms with Crippen molar-refractivity contribution < 1.29 is 4.39 Å². The highest BCUT2D eigenvalue weighted by molar-refractivity contribution is 5.59. The van der Waals surface area contributed by atoms with Crippen molar-refractivity contribution in [2.45, 2.75) is 34.1 Å². The highest BCUT2D eigenvalue weighted by atomic mass is 19.1. The van der Waals surface area contributed by atoms with Crippen molar-refractivity contribution in [3.05, 3.63) is 82.1 Å². The number of fused-ring (bicyclic) bond motifs is 1. The highest BCUT2D eigenvalue weighted by Gasteiger charge is 2.24. The lowest BCUT2D eigenvalue weighted by atomic mass is 10.1. The van der Waals surface area contributed by atoms with E-state index in [9.17, 15) is 4.39 Å². The number of piperazine rings is 1. The van der Waals surface area contributed by atoms with Gasteiger partial charge in [-0.15, -0.1) is 5.10 Å². The quantitative estimate of drug-likeness (QED) is 0.467. The average molecular weight is 445 g/mol. The summed E-state index contributed by atoms with van der Waals surface area (Å²) in [6, 6.07) is 13.2. The number of halogens is 1. The van der Waals surface area contributed by atoms with Gasteiger partial charge in [-0.05, 0) is 62.6 Å². The minimum atomic E-state index is -0.247. The van der Waals surface area contributed by atoms with Crippen LogP contribution in [0.25, 0.3) is 5.78 Å². The molecular weight excluding hydrogens is 415 g/mol. The molecule has 0 spiro atoms. The van der Waals surface area contributed by atoms with E-state index in [1.165, 1.54) is 28.9 Å². The van der Waals surface area contributed by atoms with Gasteiger partial charge in [-0.1, -0.05) is 24.3 Å². The molecule has 0 N–H and O–H groups in total. The number of anilines is 2. The second-order valence-electron chi connectivity index (χ2n) is 8.96. The van der Waals surface area contributed by atoms with Crippen molar-refractivity contribution in [2.75, 3.05) is 36.0 Å². The summed E-state index contributed by atoms with van der Waals surface area (Å²) < 4.78 is 15.5. The van der Waals surface area contributed by atoms with Crippen LogP contribution in [0.15, 0.2) is 42.5 Å². The van der Waals surface area contributed by atoms with Crippen molar-refractivity contribution in [3.8, 4) is 0 Å². The van der Waals surface area contributed by atoms with Crippen LogP contribution in [0, 0.1) is 33.5 Å². The molecule has 0 atom stereocenters. The van der Waals surface area contributed by atoms with Crippen LogP contribution in [0.3, 0.4) is 0 Å². The van der Waals surface area contributed by atoms with E-state index >= 15 is 0 Å². The van der Waals surface area contributed by atoms with Gasteiger partial charge in [-0.3, -0.25) is 0 Å². The molecule has 0 unspecified atom stereocenters. The Balaban J connectivity index is 1.43. The number of hydrogen-bond acceptors (Lipinski definition) is 5. The second kappa shape index (κ2) is 8.46. The van der Waals surface area contributed by atoms with Gasteiger partial charge in [0.2, 0.25) is 0 Å². The maximum Gasteiger partial charge on any atom is 0.254 e. The SMILES string of the molecule is Cc1ccc(C)c(N2CCN(c3c(C)c(C)nc4nc(Cc5cccc(F)c5)nn34)CC2)c1. The number of rotatable bonds is 4.